The van der Waals surface area contributed by atoms with Crippen molar-refractivity contribution in [3.8, 4) is 0 Å². The molecule has 1 aliphatic rings. The van der Waals surface area contributed by atoms with E-state index in [1.165, 1.54) is 0 Å². The molecule has 5 nitrogen and oxygen atoms in total. The second kappa shape index (κ2) is 7.58. The molecule has 1 saturated heterocycles. The summed E-state index contributed by atoms with van der Waals surface area (Å²) in [6.45, 7) is 8.70. The van der Waals surface area contributed by atoms with Gasteiger partial charge in [0.15, 0.2) is 5.78 Å². The largest absolute Gasteiger partial charge is 0.467 e. The lowest BCUT2D eigenvalue weighted by Crippen LogP contribution is -2.44. The van der Waals surface area contributed by atoms with Gasteiger partial charge in [0.05, 0.1) is 18.8 Å². The van der Waals surface area contributed by atoms with Crippen molar-refractivity contribution in [1.29, 1.82) is 0 Å². The maximum Gasteiger partial charge on any atom is 0.181 e. The zero-order valence-electron chi connectivity index (χ0n) is 15.4. The Labute approximate surface area is 149 Å². The number of carbonyl (C=O) groups excluding carboxylic acids is 1. The number of aryl methyl sites for hydroxylation is 1. The number of ketones is 1. The fourth-order valence-corrected chi connectivity index (χ4v) is 3.77. The van der Waals surface area contributed by atoms with E-state index in [4.69, 9.17) is 4.42 Å². The molecule has 1 N–H and O–H groups in total. The van der Waals surface area contributed by atoms with E-state index in [2.05, 4.69) is 9.47 Å². The number of carbonyl (C=O) groups is 1. The number of likely N-dealkylation sites (tertiary alicyclic amines) is 1. The molecule has 0 radical (unpaired) electrons. The molecule has 1 fully saturated rings. The molecule has 0 saturated carbocycles. The molecule has 0 aromatic carbocycles. The monoisotopic (exact) mass is 344 g/mol. The second-order valence-electron chi connectivity index (χ2n) is 7.15. The molecule has 25 heavy (non-hydrogen) atoms. The van der Waals surface area contributed by atoms with Gasteiger partial charge in [0.2, 0.25) is 0 Å². The first-order valence-corrected chi connectivity index (χ1v) is 9.09. The van der Waals surface area contributed by atoms with E-state index in [1.54, 1.807) is 6.26 Å². The molecular formula is C20H28N2O3. The average molecular weight is 344 g/mol. The summed E-state index contributed by atoms with van der Waals surface area (Å²) < 4.78 is 7.58. The Kier molecular flexibility index (Phi) is 5.45. The van der Waals surface area contributed by atoms with Gasteiger partial charge < -0.3 is 14.1 Å². The number of hydrogen-bond donors (Lipinski definition) is 1. The predicted molar refractivity (Wildman–Crippen MR) is 96.9 cm³/mol. The van der Waals surface area contributed by atoms with Crippen molar-refractivity contribution in [1.82, 2.24) is 9.47 Å². The summed E-state index contributed by atoms with van der Waals surface area (Å²) >= 11 is 0. The summed E-state index contributed by atoms with van der Waals surface area (Å²) in [5.41, 5.74) is 2.88. The predicted octanol–water partition coefficient (Wildman–Crippen LogP) is 3.02. The van der Waals surface area contributed by atoms with Crippen LogP contribution in [0.4, 0.5) is 0 Å². The molecule has 0 unspecified atom stereocenters. The topological polar surface area (TPSA) is 58.6 Å². The van der Waals surface area contributed by atoms with Gasteiger partial charge >= 0.3 is 0 Å². The number of aliphatic hydroxyl groups excluding tert-OH is 1. The van der Waals surface area contributed by atoms with Crippen LogP contribution in [0.25, 0.3) is 0 Å². The standard InChI is InChI=1S/C20H28N2O3/c1-14-11-19(15(2)22(14)12-18-5-4-10-25-18)20(24)16(3)21-8-6-17(13-23)7-9-21/h4-5,10-11,16-17,23H,6-9,12-13H2,1-3H3/t16-/m1/s1. The van der Waals surface area contributed by atoms with Crippen LogP contribution in [-0.4, -0.2) is 46.1 Å². The van der Waals surface area contributed by atoms with E-state index < -0.39 is 0 Å². The maximum absolute atomic E-state index is 13.1. The molecule has 2 aromatic heterocycles. The van der Waals surface area contributed by atoms with Crippen LogP contribution in [0, 0.1) is 19.8 Å². The Hall–Kier alpha value is -1.85. The van der Waals surface area contributed by atoms with Crippen molar-refractivity contribution < 1.29 is 14.3 Å². The molecule has 2 aromatic rings. The summed E-state index contributed by atoms with van der Waals surface area (Å²) in [4.78, 5) is 15.3. The molecule has 1 atom stereocenters. The number of rotatable bonds is 6. The summed E-state index contributed by atoms with van der Waals surface area (Å²) in [5.74, 6) is 1.46. The third-order valence-corrected chi connectivity index (χ3v) is 5.57. The summed E-state index contributed by atoms with van der Waals surface area (Å²) in [5, 5.41) is 9.28. The average Bonchev–Trinajstić information content (AvgIpc) is 3.24. The van der Waals surface area contributed by atoms with Gasteiger partial charge in [0.1, 0.15) is 5.76 Å². The Bertz CT molecular complexity index is 710. The van der Waals surface area contributed by atoms with Crippen molar-refractivity contribution in [2.45, 2.75) is 46.2 Å². The van der Waals surface area contributed by atoms with Gasteiger partial charge in [-0.15, -0.1) is 0 Å². The van der Waals surface area contributed by atoms with Crippen molar-refractivity contribution in [2.24, 2.45) is 5.92 Å². The normalized spacial score (nSPS) is 17.8. The van der Waals surface area contributed by atoms with Gasteiger partial charge in [-0.3, -0.25) is 9.69 Å². The smallest absolute Gasteiger partial charge is 0.181 e. The first kappa shape index (κ1) is 18.0. The first-order chi connectivity index (χ1) is 12.0. The number of Topliss-reactive ketones (excluding diaryl/α,β-unsaturated/α-hetero) is 1. The van der Waals surface area contributed by atoms with Gasteiger partial charge in [-0.05, 0) is 70.8 Å². The quantitative estimate of drug-likeness (QED) is 0.819. The van der Waals surface area contributed by atoms with Gasteiger partial charge in [-0.2, -0.15) is 0 Å². The van der Waals surface area contributed by atoms with Crippen LogP contribution < -0.4 is 0 Å². The highest BCUT2D eigenvalue weighted by Gasteiger charge is 2.28. The van der Waals surface area contributed by atoms with E-state index in [-0.39, 0.29) is 18.4 Å². The zero-order valence-corrected chi connectivity index (χ0v) is 15.4. The molecule has 136 valence electrons. The van der Waals surface area contributed by atoms with Crippen LogP contribution in [0.5, 0.6) is 0 Å². The number of furan rings is 1. The molecule has 5 heteroatoms. The number of nitrogens with zero attached hydrogens (tertiary/aromatic N) is 2. The molecule has 0 amide bonds. The Morgan fingerprint density at radius 2 is 2.08 bits per heavy atom. The van der Waals surface area contributed by atoms with Gasteiger partial charge in [-0.1, -0.05) is 0 Å². The number of piperidine rings is 1. The second-order valence-corrected chi connectivity index (χ2v) is 7.15. The lowest BCUT2D eigenvalue weighted by Gasteiger charge is -2.34. The number of hydrogen-bond acceptors (Lipinski definition) is 4. The first-order valence-electron chi connectivity index (χ1n) is 9.09. The van der Waals surface area contributed by atoms with Crippen molar-refractivity contribution in [2.75, 3.05) is 19.7 Å². The maximum atomic E-state index is 13.1. The molecule has 0 spiro atoms. The lowest BCUT2D eigenvalue weighted by atomic mass is 9.95. The Morgan fingerprint density at radius 1 is 1.36 bits per heavy atom. The van der Waals surface area contributed by atoms with Crippen molar-refractivity contribution in [3.05, 3.63) is 47.2 Å². The van der Waals surface area contributed by atoms with E-state index in [0.717, 1.165) is 48.6 Å². The summed E-state index contributed by atoms with van der Waals surface area (Å²) in [6, 6.07) is 5.71. The summed E-state index contributed by atoms with van der Waals surface area (Å²) in [6.07, 6.45) is 3.60. The van der Waals surface area contributed by atoms with Gasteiger partial charge in [-0.25, -0.2) is 0 Å². The van der Waals surface area contributed by atoms with Crippen LogP contribution >= 0.6 is 0 Å². The van der Waals surface area contributed by atoms with Crippen LogP contribution in [-0.2, 0) is 6.54 Å². The molecule has 0 aliphatic carbocycles. The third kappa shape index (κ3) is 3.72. The summed E-state index contributed by atoms with van der Waals surface area (Å²) in [7, 11) is 0. The number of aliphatic hydroxyl groups is 1. The highest BCUT2D eigenvalue weighted by molar-refractivity contribution is 6.01. The molecule has 1 aliphatic heterocycles. The van der Waals surface area contributed by atoms with E-state index in [0.29, 0.717) is 12.5 Å². The van der Waals surface area contributed by atoms with E-state index in [9.17, 15) is 9.90 Å². The molecule has 3 rings (SSSR count). The van der Waals surface area contributed by atoms with Crippen molar-refractivity contribution >= 4 is 5.78 Å². The van der Waals surface area contributed by atoms with Crippen LogP contribution in [0.1, 0.15) is 47.3 Å². The minimum Gasteiger partial charge on any atom is -0.467 e. The van der Waals surface area contributed by atoms with Crippen LogP contribution in [0.15, 0.2) is 28.9 Å². The highest BCUT2D eigenvalue weighted by atomic mass is 16.3. The minimum atomic E-state index is -0.128. The minimum absolute atomic E-state index is 0.128. The third-order valence-electron chi connectivity index (χ3n) is 5.57. The Morgan fingerprint density at radius 3 is 2.68 bits per heavy atom. The Balaban J connectivity index is 1.74. The molecule has 3 heterocycles. The van der Waals surface area contributed by atoms with Gasteiger partial charge in [0, 0.05) is 23.6 Å². The van der Waals surface area contributed by atoms with E-state index >= 15 is 0 Å². The fourth-order valence-electron chi connectivity index (χ4n) is 3.77. The molecular weight excluding hydrogens is 316 g/mol. The zero-order chi connectivity index (χ0) is 18.0. The fraction of sp³-hybridized carbons (Fsp3) is 0.550. The van der Waals surface area contributed by atoms with Crippen LogP contribution in [0.2, 0.25) is 0 Å². The molecule has 0 bridgehead atoms. The van der Waals surface area contributed by atoms with Crippen molar-refractivity contribution in [3.63, 3.8) is 0 Å². The van der Waals surface area contributed by atoms with E-state index in [1.807, 2.05) is 39.0 Å². The van der Waals surface area contributed by atoms with Gasteiger partial charge in [0.25, 0.3) is 0 Å². The lowest BCUT2D eigenvalue weighted by molar-refractivity contribution is 0.0720. The highest BCUT2D eigenvalue weighted by Crippen LogP contribution is 2.23. The SMILES string of the molecule is Cc1cc(C(=O)[C@@H](C)N2CCC(CO)CC2)c(C)n1Cc1ccco1. The number of aromatic nitrogens is 1. The van der Waals surface area contributed by atoms with Crippen LogP contribution in [0.3, 0.4) is 0 Å².